The number of para-hydroxylation sites is 2. The minimum Gasteiger partial charge on any atom is -0.454 e. The minimum absolute atomic E-state index is 0.170. The number of benzene rings is 2. The smallest absolute Gasteiger partial charge is 0.320 e. The number of ether oxygens (including phenoxy) is 2. The van der Waals surface area contributed by atoms with Gasteiger partial charge in [0.25, 0.3) is 0 Å². The van der Waals surface area contributed by atoms with E-state index in [0.29, 0.717) is 29.1 Å². The summed E-state index contributed by atoms with van der Waals surface area (Å²) >= 11 is 0. The van der Waals surface area contributed by atoms with Crippen LogP contribution in [0, 0.1) is 0 Å². The van der Waals surface area contributed by atoms with Gasteiger partial charge < -0.3 is 20.1 Å². The van der Waals surface area contributed by atoms with E-state index < -0.39 is 18.5 Å². The molecular weight excluding hydrogens is 382 g/mol. The number of carbonyl (C=O) groups excluding carboxylic acids is 1. The van der Waals surface area contributed by atoms with Crippen LogP contribution >= 0.6 is 0 Å². The Bertz CT molecular complexity index is 1040. The zero-order valence-electron chi connectivity index (χ0n) is 15.7. The zero-order valence-corrected chi connectivity index (χ0v) is 15.7. The molecule has 0 bridgehead atoms. The molecular formula is C20H20F2N4O3. The van der Waals surface area contributed by atoms with Crippen molar-refractivity contribution in [2.24, 2.45) is 0 Å². The second-order valence-corrected chi connectivity index (χ2v) is 6.76. The molecule has 0 aliphatic carbocycles. The minimum atomic E-state index is -2.71. The molecule has 2 heterocycles. The Kier molecular flexibility index (Phi) is 5.20. The molecule has 4 rings (SSSR count). The summed E-state index contributed by atoms with van der Waals surface area (Å²) in [5.74, 6) is 1.16. The first kappa shape index (κ1) is 19.0. The fourth-order valence-corrected chi connectivity index (χ4v) is 3.25. The number of aromatic nitrogens is 2. The Morgan fingerprint density at radius 3 is 2.79 bits per heavy atom. The van der Waals surface area contributed by atoms with Crippen LogP contribution in [0.4, 0.5) is 13.6 Å². The first-order chi connectivity index (χ1) is 14.0. The first-order valence-corrected chi connectivity index (χ1v) is 9.18. The van der Waals surface area contributed by atoms with Gasteiger partial charge in [0, 0.05) is 19.0 Å². The zero-order chi connectivity index (χ0) is 20.4. The number of imidazole rings is 1. The van der Waals surface area contributed by atoms with E-state index in [4.69, 9.17) is 9.47 Å². The fraction of sp³-hybridized carbons (Fsp3) is 0.300. The van der Waals surface area contributed by atoms with Gasteiger partial charge in [-0.15, -0.1) is 0 Å². The lowest BCUT2D eigenvalue weighted by Crippen LogP contribution is -2.37. The number of hydrogen-bond donors (Lipinski definition) is 2. The Morgan fingerprint density at radius 2 is 1.97 bits per heavy atom. The number of rotatable bonds is 6. The van der Waals surface area contributed by atoms with Gasteiger partial charge >= 0.3 is 12.6 Å². The van der Waals surface area contributed by atoms with Crippen molar-refractivity contribution in [2.75, 3.05) is 13.3 Å². The molecule has 2 aromatic carbocycles. The summed E-state index contributed by atoms with van der Waals surface area (Å²) in [6.45, 7) is -0.304. The predicted molar refractivity (Wildman–Crippen MR) is 102 cm³/mol. The van der Waals surface area contributed by atoms with Crippen molar-refractivity contribution in [3.63, 3.8) is 0 Å². The Morgan fingerprint density at radius 1 is 1.17 bits per heavy atom. The van der Waals surface area contributed by atoms with Crippen LogP contribution in [0.25, 0.3) is 11.0 Å². The van der Waals surface area contributed by atoms with E-state index >= 15 is 0 Å². The SMILES string of the molecule is C[C@H](CNC(=O)NCc1ccc2c(c1)OCO2)c1nc2ccccc2n1C(F)F. The molecule has 0 spiro atoms. The maximum absolute atomic E-state index is 13.6. The summed E-state index contributed by atoms with van der Waals surface area (Å²) in [5, 5.41) is 5.45. The number of alkyl halides is 2. The quantitative estimate of drug-likeness (QED) is 0.658. The van der Waals surface area contributed by atoms with Crippen molar-refractivity contribution in [3.05, 3.63) is 53.9 Å². The Labute approximate surface area is 165 Å². The predicted octanol–water partition coefficient (Wildman–Crippen LogP) is 3.76. The molecule has 2 N–H and O–H groups in total. The highest BCUT2D eigenvalue weighted by atomic mass is 19.3. The van der Waals surface area contributed by atoms with E-state index in [1.54, 1.807) is 43.3 Å². The molecule has 0 unspecified atom stereocenters. The van der Waals surface area contributed by atoms with Crippen molar-refractivity contribution >= 4 is 17.1 Å². The van der Waals surface area contributed by atoms with E-state index in [1.165, 1.54) is 0 Å². The van der Waals surface area contributed by atoms with Gasteiger partial charge in [-0.25, -0.2) is 9.78 Å². The van der Waals surface area contributed by atoms with E-state index in [0.717, 1.165) is 10.1 Å². The fourth-order valence-electron chi connectivity index (χ4n) is 3.25. The number of hydrogen-bond acceptors (Lipinski definition) is 4. The van der Waals surface area contributed by atoms with E-state index in [1.807, 2.05) is 6.07 Å². The van der Waals surface area contributed by atoms with Crippen LogP contribution in [-0.2, 0) is 6.54 Å². The molecule has 0 fully saturated rings. The van der Waals surface area contributed by atoms with E-state index in [9.17, 15) is 13.6 Å². The molecule has 1 aromatic heterocycles. The molecule has 9 heteroatoms. The number of halogens is 2. The highest BCUT2D eigenvalue weighted by Gasteiger charge is 2.22. The van der Waals surface area contributed by atoms with Gasteiger partial charge in [0.15, 0.2) is 11.5 Å². The van der Waals surface area contributed by atoms with Crippen molar-refractivity contribution in [1.82, 2.24) is 20.2 Å². The molecule has 3 aromatic rings. The molecule has 7 nitrogen and oxygen atoms in total. The maximum atomic E-state index is 13.6. The molecule has 1 aliphatic heterocycles. The van der Waals surface area contributed by atoms with Crippen LogP contribution in [0.2, 0.25) is 0 Å². The van der Waals surface area contributed by atoms with Gasteiger partial charge in [0.2, 0.25) is 6.79 Å². The summed E-state index contributed by atoms with van der Waals surface area (Å²) in [5.41, 5.74) is 1.73. The normalized spacial score (nSPS) is 13.7. The molecule has 2 amide bonds. The van der Waals surface area contributed by atoms with E-state index in [2.05, 4.69) is 15.6 Å². The topological polar surface area (TPSA) is 77.4 Å². The molecule has 1 atom stereocenters. The third-order valence-corrected chi connectivity index (χ3v) is 4.72. The van der Waals surface area contributed by atoms with Gasteiger partial charge in [-0.2, -0.15) is 8.78 Å². The monoisotopic (exact) mass is 402 g/mol. The summed E-state index contributed by atoms with van der Waals surface area (Å²) in [4.78, 5) is 16.4. The number of fused-ring (bicyclic) bond motifs is 2. The summed E-state index contributed by atoms with van der Waals surface area (Å²) < 4.78 is 38.6. The second kappa shape index (κ2) is 7.94. The summed E-state index contributed by atoms with van der Waals surface area (Å²) in [6, 6.07) is 11.8. The summed E-state index contributed by atoms with van der Waals surface area (Å²) in [7, 11) is 0. The average molecular weight is 402 g/mol. The second-order valence-electron chi connectivity index (χ2n) is 6.76. The third-order valence-electron chi connectivity index (χ3n) is 4.72. The molecule has 1 aliphatic rings. The standard InChI is InChI=1S/C20H20F2N4O3/c1-12(18-25-14-4-2-3-5-15(14)26(18)19(21)22)9-23-20(27)24-10-13-6-7-16-17(8-13)29-11-28-16/h2-8,12,19H,9-11H2,1H3,(H2,23,24,27)/t12-/m1/s1. The third kappa shape index (κ3) is 3.94. The number of nitrogens with one attached hydrogen (secondary N) is 2. The van der Waals surface area contributed by atoms with Gasteiger partial charge in [-0.05, 0) is 29.8 Å². The van der Waals surface area contributed by atoms with Crippen molar-refractivity contribution in [2.45, 2.75) is 25.9 Å². The van der Waals surface area contributed by atoms with Crippen molar-refractivity contribution in [3.8, 4) is 11.5 Å². The molecule has 0 saturated heterocycles. The molecule has 29 heavy (non-hydrogen) atoms. The Balaban J connectivity index is 1.36. The number of nitrogens with zero attached hydrogens (tertiary/aromatic N) is 2. The van der Waals surface area contributed by atoms with E-state index in [-0.39, 0.29) is 19.2 Å². The highest BCUT2D eigenvalue weighted by Crippen LogP contribution is 2.32. The largest absolute Gasteiger partial charge is 0.454 e. The van der Waals surface area contributed by atoms with Crippen molar-refractivity contribution in [1.29, 1.82) is 0 Å². The molecule has 0 radical (unpaired) electrons. The number of carbonyl (C=O) groups is 1. The molecule has 0 saturated carbocycles. The lowest BCUT2D eigenvalue weighted by molar-refractivity contribution is 0.0704. The van der Waals surface area contributed by atoms with Gasteiger partial charge in [-0.3, -0.25) is 4.57 Å². The van der Waals surface area contributed by atoms with Crippen LogP contribution < -0.4 is 20.1 Å². The lowest BCUT2D eigenvalue weighted by atomic mass is 10.1. The average Bonchev–Trinajstić information content (AvgIpc) is 3.34. The first-order valence-electron chi connectivity index (χ1n) is 9.18. The highest BCUT2D eigenvalue weighted by molar-refractivity contribution is 5.76. The number of urea groups is 1. The van der Waals surface area contributed by atoms with Crippen LogP contribution in [-0.4, -0.2) is 28.9 Å². The van der Waals surface area contributed by atoms with Gasteiger partial charge in [0.05, 0.1) is 11.0 Å². The number of amides is 2. The van der Waals surface area contributed by atoms with Gasteiger partial charge in [0.1, 0.15) is 5.82 Å². The van der Waals surface area contributed by atoms with Crippen molar-refractivity contribution < 1.29 is 23.0 Å². The van der Waals surface area contributed by atoms with Crippen LogP contribution in [0.5, 0.6) is 11.5 Å². The Hall–Kier alpha value is -3.36. The maximum Gasteiger partial charge on any atom is 0.320 e. The summed E-state index contributed by atoms with van der Waals surface area (Å²) in [6.07, 6.45) is 0. The van der Waals surface area contributed by atoms with Gasteiger partial charge in [-0.1, -0.05) is 25.1 Å². The van der Waals surface area contributed by atoms with Crippen LogP contribution in [0.3, 0.4) is 0 Å². The van der Waals surface area contributed by atoms with Crippen LogP contribution in [0.15, 0.2) is 42.5 Å². The lowest BCUT2D eigenvalue weighted by Gasteiger charge is -2.15. The molecule has 152 valence electrons. The van der Waals surface area contributed by atoms with Crippen LogP contribution in [0.1, 0.15) is 30.8 Å².